The van der Waals surface area contributed by atoms with Crippen molar-refractivity contribution in [3.8, 4) is 0 Å². The van der Waals surface area contributed by atoms with Crippen LogP contribution in [0, 0.1) is 13.8 Å². The second kappa shape index (κ2) is 7.38. The highest BCUT2D eigenvalue weighted by molar-refractivity contribution is 5.92. The van der Waals surface area contributed by atoms with Crippen molar-refractivity contribution >= 4 is 11.6 Å². The zero-order chi connectivity index (χ0) is 15.2. The Morgan fingerprint density at radius 2 is 1.90 bits per heavy atom. The van der Waals surface area contributed by atoms with Gasteiger partial charge < -0.3 is 15.1 Å². The first-order valence-electron chi connectivity index (χ1n) is 7.74. The van der Waals surface area contributed by atoms with Crippen molar-refractivity contribution in [3.05, 3.63) is 42.0 Å². The molecule has 1 saturated heterocycles. The van der Waals surface area contributed by atoms with Crippen LogP contribution in [0.3, 0.4) is 0 Å². The summed E-state index contributed by atoms with van der Waals surface area (Å²) < 4.78 is 0. The van der Waals surface area contributed by atoms with E-state index in [4.69, 9.17) is 0 Å². The number of quaternary nitrogens is 2. The third kappa shape index (κ3) is 4.41. The Morgan fingerprint density at radius 3 is 2.57 bits per heavy atom. The van der Waals surface area contributed by atoms with Gasteiger partial charge in [-0.05, 0) is 37.1 Å². The lowest BCUT2D eigenvalue weighted by molar-refractivity contribution is -1.01. The molecule has 1 aliphatic heterocycles. The first kappa shape index (κ1) is 15.7. The molecule has 3 N–H and O–H groups in total. The normalized spacial score (nSPS) is 21.8. The zero-order valence-electron chi connectivity index (χ0n) is 13.2. The van der Waals surface area contributed by atoms with Crippen LogP contribution >= 0.6 is 0 Å². The molecular weight excluding hydrogens is 262 g/mol. The average molecular weight is 289 g/mol. The number of benzene rings is 1. The van der Waals surface area contributed by atoms with Crippen LogP contribution in [0.2, 0.25) is 0 Å². The van der Waals surface area contributed by atoms with E-state index in [1.54, 1.807) is 4.90 Å². The van der Waals surface area contributed by atoms with Gasteiger partial charge in [0, 0.05) is 5.69 Å². The summed E-state index contributed by atoms with van der Waals surface area (Å²) >= 11 is 0. The number of hydrogen-bond donors (Lipinski definition) is 3. The number of aryl methyl sites for hydroxylation is 1. The number of amides is 1. The van der Waals surface area contributed by atoms with Gasteiger partial charge in [0.15, 0.2) is 6.54 Å². The van der Waals surface area contributed by atoms with Crippen LogP contribution < -0.4 is 15.1 Å². The Bertz CT molecular complexity index is 505. The van der Waals surface area contributed by atoms with Crippen molar-refractivity contribution in [2.45, 2.75) is 13.8 Å². The Kier molecular flexibility index (Phi) is 5.53. The maximum Gasteiger partial charge on any atom is 0.279 e. The van der Waals surface area contributed by atoms with Crippen molar-refractivity contribution in [3.63, 3.8) is 0 Å². The van der Waals surface area contributed by atoms with E-state index >= 15 is 0 Å². The first-order valence-corrected chi connectivity index (χ1v) is 7.74. The molecule has 1 heterocycles. The van der Waals surface area contributed by atoms with Crippen molar-refractivity contribution in [2.75, 3.05) is 44.6 Å². The van der Waals surface area contributed by atoms with Crippen LogP contribution in [-0.4, -0.2) is 45.2 Å². The molecule has 4 heteroatoms. The molecule has 0 unspecified atom stereocenters. The summed E-state index contributed by atoms with van der Waals surface area (Å²) in [5, 5.41) is 3.05. The lowest BCUT2D eigenvalue weighted by atomic mass is 10.1. The quantitative estimate of drug-likeness (QED) is 0.611. The van der Waals surface area contributed by atoms with E-state index in [1.165, 1.54) is 10.5 Å². The van der Waals surface area contributed by atoms with Crippen LogP contribution in [0.1, 0.15) is 11.1 Å². The molecule has 0 aliphatic carbocycles. The Labute approximate surface area is 127 Å². The highest BCUT2D eigenvalue weighted by Gasteiger charge is 2.24. The number of hydrogen-bond acceptors (Lipinski definition) is 1. The minimum atomic E-state index is 0.117. The lowest BCUT2D eigenvalue weighted by Crippen LogP contribution is -3.28. The van der Waals surface area contributed by atoms with Crippen LogP contribution in [-0.2, 0) is 4.79 Å². The fourth-order valence-corrected chi connectivity index (χ4v) is 2.85. The van der Waals surface area contributed by atoms with E-state index in [-0.39, 0.29) is 5.91 Å². The summed E-state index contributed by atoms with van der Waals surface area (Å²) in [6.07, 6.45) is 1.98. The molecular formula is C17H27N3O+2. The number of carbonyl (C=O) groups is 1. The van der Waals surface area contributed by atoms with Crippen LogP contribution in [0.5, 0.6) is 0 Å². The second-order valence-corrected chi connectivity index (χ2v) is 5.97. The summed E-state index contributed by atoms with van der Waals surface area (Å²) in [6.45, 7) is 13.9. The van der Waals surface area contributed by atoms with E-state index in [0.29, 0.717) is 6.54 Å². The highest BCUT2D eigenvalue weighted by Crippen LogP contribution is 2.17. The smallest absolute Gasteiger partial charge is 0.279 e. The Morgan fingerprint density at radius 1 is 1.24 bits per heavy atom. The van der Waals surface area contributed by atoms with Gasteiger partial charge in [-0.3, -0.25) is 4.79 Å². The predicted octanol–water partition coefficient (Wildman–Crippen LogP) is -0.789. The number of piperazine rings is 1. The lowest BCUT2D eigenvalue weighted by Gasteiger charge is -2.28. The minimum absolute atomic E-state index is 0.117. The number of rotatable bonds is 5. The SMILES string of the molecule is C=CC[NH+]1CC[NH+](CC(=O)Nc2cccc(C)c2C)CC1. The largest absolute Gasteiger partial charge is 0.322 e. The van der Waals surface area contributed by atoms with E-state index < -0.39 is 0 Å². The Hall–Kier alpha value is -1.65. The van der Waals surface area contributed by atoms with E-state index in [2.05, 4.69) is 31.8 Å². The first-order chi connectivity index (χ1) is 10.1. The molecule has 4 nitrogen and oxygen atoms in total. The molecule has 114 valence electrons. The maximum absolute atomic E-state index is 12.2. The molecule has 0 saturated carbocycles. The van der Waals surface area contributed by atoms with E-state index in [0.717, 1.165) is 44.0 Å². The second-order valence-electron chi connectivity index (χ2n) is 5.97. The van der Waals surface area contributed by atoms with Crippen molar-refractivity contribution in [1.82, 2.24) is 0 Å². The molecule has 1 aliphatic rings. The van der Waals surface area contributed by atoms with Crippen LogP contribution in [0.15, 0.2) is 30.9 Å². The maximum atomic E-state index is 12.2. The molecule has 0 bridgehead atoms. The molecule has 0 spiro atoms. The molecule has 1 aromatic carbocycles. The van der Waals surface area contributed by atoms with Gasteiger partial charge in [0.2, 0.25) is 0 Å². The average Bonchev–Trinajstić information content (AvgIpc) is 2.46. The van der Waals surface area contributed by atoms with Gasteiger partial charge in [-0.2, -0.15) is 0 Å². The third-order valence-corrected chi connectivity index (χ3v) is 4.39. The zero-order valence-corrected chi connectivity index (χ0v) is 13.2. The van der Waals surface area contributed by atoms with Gasteiger partial charge in [0.1, 0.15) is 26.2 Å². The molecule has 21 heavy (non-hydrogen) atoms. The summed E-state index contributed by atoms with van der Waals surface area (Å²) in [5.74, 6) is 0.117. The Balaban J connectivity index is 1.83. The van der Waals surface area contributed by atoms with Gasteiger partial charge in [0.05, 0.1) is 6.54 Å². The molecule has 1 aromatic rings. The molecule has 2 rings (SSSR count). The fourth-order valence-electron chi connectivity index (χ4n) is 2.85. The van der Waals surface area contributed by atoms with Crippen molar-refractivity contribution in [2.24, 2.45) is 0 Å². The highest BCUT2D eigenvalue weighted by atomic mass is 16.2. The van der Waals surface area contributed by atoms with Gasteiger partial charge in [0.25, 0.3) is 5.91 Å². The fraction of sp³-hybridized carbons (Fsp3) is 0.471. The van der Waals surface area contributed by atoms with Crippen molar-refractivity contribution < 1.29 is 14.6 Å². The number of carbonyl (C=O) groups excluding carboxylic acids is 1. The van der Waals surface area contributed by atoms with E-state index in [1.807, 2.05) is 18.2 Å². The topological polar surface area (TPSA) is 38.0 Å². The summed E-state index contributed by atoms with van der Waals surface area (Å²) in [6, 6.07) is 6.03. The molecule has 0 atom stereocenters. The predicted molar refractivity (Wildman–Crippen MR) is 85.9 cm³/mol. The van der Waals surface area contributed by atoms with Crippen LogP contribution in [0.4, 0.5) is 5.69 Å². The van der Waals surface area contributed by atoms with Crippen LogP contribution in [0.25, 0.3) is 0 Å². The summed E-state index contributed by atoms with van der Waals surface area (Å²) in [7, 11) is 0. The number of anilines is 1. The minimum Gasteiger partial charge on any atom is -0.322 e. The van der Waals surface area contributed by atoms with Gasteiger partial charge >= 0.3 is 0 Å². The van der Waals surface area contributed by atoms with Gasteiger partial charge in [-0.15, -0.1) is 0 Å². The van der Waals surface area contributed by atoms with Gasteiger partial charge in [-0.25, -0.2) is 0 Å². The van der Waals surface area contributed by atoms with E-state index in [9.17, 15) is 4.79 Å². The molecule has 1 fully saturated rings. The van der Waals surface area contributed by atoms with Gasteiger partial charge in [-0.1, -0.05) is 18.7 Å². The number of nitrogens with one attached hydrogen (secondary N) is 3. The monoisotopic (exact) mass is 289 g/mol. The van der Waals surface area contributed by atoms with Crippen molar-refractivity contribution in [1.29, 1.82) is 0 Å². The standard InChI is InChI=1S/C17H25N3O/c1-4-8-19-9-11-20(12-10-19)13-17(21)18-16-7-5-6-14(2)15(16)3/h4-7H,1,8-13H2,2-3H3,(H,18,21)/p+2. The summed E-state index contributed by atoms with van der Waals surface area (Å²) in [5.41, 5.74) is 3.30. The summed E-state index contributed by atoms with van der Waals surface area (Å²) in [4.78, 5) is 15.1. The molecule has 0 radical (unpaired) electrons. The third-order valence-electron chi connectivity index (χ3n) is 4.39. The molecule has 0 aromatic heterocycles. The molecule has 1 amide bonds.